The average Bonchev–Trinajstić information content (AvgIpc) is 3.39. The fraction of sp³-hybridized carbons (Fsp3) is 0.423. The van der Waals surface area contributed by atoms with Crippen LogP contribution in [-0.2, 0) is 38.5 Å². The number of benzene rings is 2. The minimum atomic E-state index is -3.88. The molecule has 0 aliphatic carbocycles. The van der Waals surface area contributed by atoms with Gasteiger partial charge in [-0.25, -0.2) is 13.1 Å². The number of hydrogen-bond donors (Lipinski definition) is 5. The Morgan fingerprint density at radius 3 is 2.59 bits per heavy atom. The molecule has 11 nitrogen and oxygen atoms in total. The van der Waals surface area contributed by atoms with Crippen molar-refractivity contribution < 1.29 is 23.1 Å². The lowest BCUT2D eigenvalue weighted by atomic mass is 10.1. The van der Waals surface area contributed by atoms with Gasteiger partial charge in [-0.3, -0.25) is 14.6 Å². The molecule has 1 aliphatic rings. The number of aliphatic imine (C=N–C) groups is 1. The minimum Gasteiger partial charge on any atom is -0.392 e. The zero-order valence-electron chi connectivity index (χ0n) is 21.6. The van der Waals surface area contributed by atoms with Crippen molar-refractivity contribution in [3.05, 3.63) is 70.2 Å². The van der Waals surface area contributed by atoms with E-state index in [1.807, 2.05) is 0 Å². The van der Waals surface area contributed by atoms with Crippen LogP contribution in [0.5, 0.6) is 0 Å². The number of carbonyl (C=O) groups excluding carboxylic acids is 2. The first-order chi connectivity index (χ1) is 18.6. The van der Waals surface area contributed by atoms with Gasteiger partial charge in [-0.05, 0) is 54.5 Å². The molecule has 1 aliphatic heterocycles. The van der Waals surface area contributed by atoms with E-state index in [9.17, 15) is 23.1 Å². The summed E-state index contributed by atoms with van der Waals surface area (Å²) in [5.74, 6) is -1.23. The number of nitrogens with two attached hydrogens (primary N) is 2. The maximum atomic E-state index is 13.6. The third-order valence-corrected chi connectivity index (χ3v) is 7.99. The molecule has 0 radical (unpaired) electrons. The number of nitrogens with one attached hydrogen (secondary N) is 2. The van der Waals surface area contributed by atoms with Crippen molar-refractivity contribution in [1.29, 1.82) is 0 Å². The molecule has 2 amide bonds. The van der Waals surface area contributed by atoms with Crippen LogP contribution in [0.1, 0.15) is 42.4 Å². The van der Waals surface area contributed by atoms with Crippen LogP contribution in [-0.4, -0.2) is 61.4 Å². The van der Waals surface area contributed by atoms with Crippen LogP contribution in [0.4, 0.5) is 0 Å². The number of carbonyl (C=O) groups is 2. The van der Waals surface area contributed by atoms with Crippen molar-refractivity contribution in [3.63, 3.8) is 0 Å². The molecule has 0 aromatic heterocycles. The number of aliphatic hydroxyl groups excluding tert-OH is 1. The molecule has 2 aromatic carbocycles. The highest BCUT2D eigenvalue weighted by atomic mass is 35.5. The number of hydrogen-bond acceptors (Lipinski definition) is 6. The van der Waals surface area contributed by atoms with E-state index in [1.165, 1.54) is 4.90 Å². The van der Waals surface area contributed by atoms with Gasteiger partial charge in [-0.1, -0.05) is 48.0 Å². The molecule has 0 bridgehead atoms. The lowest BCUT2D eigenvalue weighted by Crippen LogP contribution is -2.53. The summed E-state index contributed by atoms with van der Waals surface area (Å²) in [6, 6.07) is 11.8. The second-order valence-corrected chi connectivity index (χ2v) is 11.5. The number of aliphatic hydroxyl groups is 1. The Kier molecular flexibility index (Phi) is 11.1. The Balaban J connectivity index is 1.72. The molecule has 0 unspecified atom stereocenters. The zero-order valence-corrected chi connectivity index (χ0v) is 23.1. The standard InChI is InChI=1S/C26H35ClN6O5S/c27-21-11-10-19(16-34)20(14-21)15-31-24(35)23-9-5-13-33(23)25(36)22(8-4-12-30-26(28)29)32-39(37,38)17-18-6-2-1-3-7-18/h1-3,6-7,10-11,14,22-23,32,34H,4-5,8-9,12-13,15-17H2,(H,31,35)(H4,28,29,30)/t22-,23+/m1/s1. The van der Waals surface area contributed by atoms with Crippen LogP contribution < -0.4 is 21.5 Å². The van der Waals surface area contributed by atoms with Crippen molar-refractivity contribution in [1.82, 2.24) is 14.9 Å². The maximum Gasteiger partial charge on any atom is 0.243 e. The number of likely N-dealkylation sites (tertiary alicyclic amines) is 1. The van der Waals surface area contributed by atoms with Crippen LogP contribution in [0.15, 0.2) is 53.5 Å². The van der Waals surface area contributed by atoms with E-state index in [-0.39, 0.29) is 43.7 Å². The highest BCUT2D eigenvalue weighted by Gasteiger charge is 2.38. The Morgan fingerprint density at radius 2 is 1.90 bits per heavy atom. The van der Waals surface area contributed by atoms with E-state index >= 15 is 0 Å². The summed E-state index contributed by atoms with van der Waals surface area (Å²) >= 11 is 6.06. The highest BCUT2D eigenvalue weighted by molar-refractivity contribution is 7.88. The summed E-state index contributed by atoms with van der Waals surface area (Å²) in [6.45, 7) is 0.463. The lowest BCUT2D eigenvalue weighted by Gasteiger charge is -2.29. The average molecular weight is 579 g/mol. The van der Waals surface area contributed by atoms with Crippen LogP contribution in [0, 0.1) is 0 Å². The summed E-state index contributed by atoms with van der Waals surface area (Å²) in [5.41, 5.74) is 12.6. The number of nitrogens with zero attached hydrogens (tertiary/aromatic N) is 2. The van der Waals surface area contributed by atoms with Crippen molar-refractivity contribution in [2.75, 3.05) is 13.1 Å². The van der Waals surface area contributed by atoms with Gasteiger partial charge < -0.3 is 26.8 Å². The Morgan fingerprint density at radius 1 is 1.15 bits per heavy atom. The van der Waals surface area contributed by atoms with E-state index in [1.54, 1.807) is 48.5 Å². The lowest BCUT2D eigenvalue weighted by molar-refractivity contribution is -0.139. The molecule has 7 N–H and O–H groups in total. The highest BCUT2D eigenvalue weighted by Crippen LogP contribution is 2.21. The van der Waals surface area contributed by atoms with Gasteiger partial charge in [0, 0.05) is 24.7 Å². The number of sulfonamides is 1. The van der Waals surface area contributed by atoms with Gasteiger partial charge in [0.1, 0.15) is 12.1 Å². The van der Waals surface area contributed by atoms with Gasteiger partial charge in [-0.2, -0.15) is 0 Å². The molecule has 0 saturated carbocycles. The molecule has 3 rings (SSSR count). The Bertz CT molecular complexity index is 1270. The molecule has 1 fully saturated rings. The van der Waals surface area contributed by atoms with Crippen molar-refractivity contribution in [2.24, 2.45) is 16.5 Å². The SMILES string of the molecule is NC(N)=NCCC[C@@H](NS(=O)(=O)Cc1ccccc1)C(=O)N1CCC[C@H]1C(=O)NCc1cc(Cl)ccc1CO. The molecular formula is C26H35ClN6O5S. The predicted molar refractivity (Wildman–Crippen MR) is 150 cm³/mol. The first-order valence-electron chi connectivity index (χ1n) is 12.7. The second kappa shape index (κ2) is 14.3. The second-order valence-electron chi connectivity index (χ2n) is 9.34. The predicted octanol–water partition coefficient (Wildman–Crippen LogP) is 0.981. The number of halogens is 1. The van der Waals surface area contributed by atoms with E-state index in [2.05, 4.69) is 15.0 Å². The molecule has 2 aromatic rings. The first-order valence-corrected chi connectivity index (χ1v) is 14.7. The normalized spacial score (nSPS) is 16.1. The third kappa shape index (κ3) is 9.20. The molecule has 212 valence electrons. The number of rotatable bonds is 13. The molecule has 1 heterocycles. The molecular weight excluding hydrogens is 544 g/mol. The third-order valence-electron chi connectivity index (χ3n) is 6.39. The number of guanidine groups is 1. The summed E-state index contributed by atoms with van der Waals surface area (Å²) < 4.78 is 28.5. The number of amides is 2. The smallest absolute Gasteiger partial charge is 0.243 e. The van der Waals surface area contributed by atoms with Crippen LogP contribution in [0.25, 0.3) is 0 Å². The maximum absolute atomic E-state index is 13.6. The van der Waals surface area contributed by atoms with Crippen molar-refractivity contribution >= 4 is 39.4 Å². The van der Waals surface area contributed by atoms with Gasteiger partial charge >= 0.3 is 0 Å². The van der Waals surface area contributed by atoms with E-state index in [0.717, 1.165) is 0 Å². The Labute approximate surface area is 233 Å². The van der Waals surface area contributed by atoms with Crippen LogP contribution in [0.3, 0.4) is 0 Å². The van der Waals surface area contributed by atoms with Gasteiger partial charge in [0.25, 0.3) is 0 Å². The van der Waals surface area contributed by atoms with Crippen molar-refractivity contribution in [3.8, 4) is 0 Å². The van der Waals surface area contributed by atoms with Crippen LogP contribution in [0.2, 0.25) is 5.02 Å². The van der Waals surface area contributed by atoms with E-state index < -0.39 is 28.0 Å². The van der Waals surface area contributed by atoms with Gasteiger partial charge in [0.2, 0.25) is 21.8 Å². The summed E-state index contributed by atoms with van der Waals surface area (Å²) in [4.78, 5) is 32.1. The summed E-state index contributed by atoms with van der Waals surface area (Å²) in [5, 5.41) is 12.9. The quantitative estimate of drug-likeness (QED) is 0.133. The molecule has 39 heavy (non-hydrogen) atoms. The van der Waals surface area contributed by atoms with Gasteiger partial charge in [0.15, 0.2) is 5.96 Å². The van der Waals surface area contributed by atoms with Crippen LogP contribution >= 0.6 is 11.6 Å². The molecule has 13 heteroatoms. The van der Waals surface area contributed by atoms with E-state index in [4.69, 9.17) is 23.1 Å². The fourth-order valence-electron chi connectivity index (χ4n) is 4.51. The Hall–Kier alpha value is -3.19. The fourth-order valence-corrected chi connectivity index (χ4v) is 6.07. The molecule has 2 atom stereocenters. The topological polar surface area (TPSA) is 180 Å². The first kappa shape index (κ1) is 30.4. The molecule has 1 saturated heterocycles. The summed E-state index contributed by atoms with van der Waals surface area (Å²) in [6.07, 6.45) is 1.54. The minimum absolute atomic E-state index is 0.0946. The van der Waals surface area contributed by atoms with Crippen molar-refractivity contribution in [2.45, 2.75) is 56.7 Å². The largest absolute Gasteiger partial charge is 0.392 e. The van der Waals surface area contributed by atoms with Gasteiger partial charge in [0.05, 0.1) is 12.4 Å². The van der Waals surface area contributed by atoms with E-state index in [0.29, 0.717) is 47.5 Å². The zero-order chi connectivity index (χ0) is 28.4. The van der Waals surface area contributed by atoms with Gasteiger partial charge in [-0.15, -0.1) is 0 Å². The molecule has 0 spiro atoms. The monoisotopic (exact) mass is 578 g/mol. The summed E-state index contributed by atoms with van der Waals surface area (Å²) in [7, 11) is -3.88.